The zero-order valence-corrected chi connectivity index (χ0v) is 18.6. The first-order chi connectivity index (χ1) is 12.3. The zero-order valence-electron chi connectivity index (χ0n) is 18.6. The molecule has 1 rings (SSSR count). The molecule has 0 fully saturated rings. The van der Waals surface area contributed by atoms with E-state index in [1.165, 1.54) is 0 Å². The molecule has 2 unspecified atom stereocenters. The van der Waals surface area contributed by atoms with Crippen molar-refractivity contribution in [2.75, 3.05) is 6.61 Å². The van der Waals surface area contributed by atoms with E-state index < -0.39 is 6.10 Å². The van der Waals surface area contributed by atoms with Gasteiger partial charge >= 0.3 is 5.97 Å². The Kier molecular flexibility index (Phi) is 8.10. The molecule has 0 aliphatic rings. The van der Waals surface area contributed by atoms with Crippen LogP contribution in [0.2, 0.25) is 0 Å². The number of hydrogen-bond donors (Lipinski definition) is 1. The molecule has 3 heteroatoms. The van der Waals surface area contributed by atoms with Crippen LogP contribution in [0, 0.1) is 22.2 Å². The minimum absolute atomic E-state index is 0.0255. The average molecular weight is 377 g/mol. The molecule has 0 amide bonds. The third kappa shape index (κ3) is 6.95. The van der Waals surface area contributed by atoms with Gasteiger partial charge in [-0.1, -0.05) is 85.7 Å². The van der Waals surface area contributed by atoms with Gasteiger partial charge in [0.2, 0.25) is 0 Å². The molecule has 0 aliphatic carbocycles. The smallest absolute Gasteiger partial charge is 0.306 e. The van der Waals surface area contributed by atoms with Crippen LogP contribution in [0.3, 0.4) is 0 Å². The van der Waals surface area contributed by atoms with Crippen LogP contribution < -0.4 is 0 Å². The van der Waals surface area contributed by atoms with Gasteiger partial charge in [0.25, 0.3) is 0 Å². The molecule has 0 radical (unpaired) electrons. The molecule has 2 atom stereocenters. The zero-order chi connectivity index (χ0) is 20.9. The summed E-state index contributed by atoms with van der Waals surface area (Å²) >= 11 is 0. The van der Waals surface area contributed by atoms with Crippen molar-refractivity contribution in [3.8, 4) is 0 Å². The molecule has 27 heavy (non-hydrogen) atoms. The number of benzene rings is 1. The standard InChI is InChI=1S/C24H40O3/c1-22(2,3)19(21(26)24(7,8)23(4,5)6)16-17-27-20(25)15-14-18-12-10-9-11-13-18/h9-13,19,21,26H,14-17H2,1-8H3. The summed E-state index contributed by atoms with van der Waals surface area (Å²) < 4.78 is 5.49. The van der Waals surface area contributed by atoms with Crippen LogP contribution >= 0.6 is 0 Å². The van der Waals surface area contributed by atoms with Crippen LogP contribution in [0.15, 0.2) is 30.3 Å². The Bertz CT molecular complexity index is 576. The number of ether oxygens (including phenoxy) is 1. The SMILES string of the molecule is CC(C)(C)C(CCOC(=O)CCc1ccccc1)C(O)C(C)(C)C(C)(C)C. The number of hydrogen-bond acceptors (Lipinski definition) is 3. The number of carbonyl (C=O) groups excluding carboxylic acids is 1. The molecule has 0 aliphatic heterocycles. The maximum atomic E-state index is 12.1. The monoisotopic (exact) mass is 376 g/mol. The summed E-state index contributed by atoms with van der Waals surface area (Å²) in [5.41, 5.74) is 0.799. The summed E-state index contributed by atoms with van der Waals surface area (Å²) in [6.07, 6.45) is 1.28. The Morgan fingerprint density at radius 3 is 2.04 bits per heavy atom. The minimum atomic E-state index is -0.472. The van der Waals surface area contributed by atoms with Gasteiger partial charge in [-0.2, -0.15) is 0 Å². The highest BCUT2D eigenvalue weighted by Crippen LogP contribution is 2.47. The number of rotatable bonds is 8. The fourth-order valence-corrected chi connectivity index (χ4v) is 3.27. The maximum Gasteiger partial charge on any atom is 0.306 e. The Hall–Kier alpha value is -1.35. The van der Waals surface area contributed by atoms with E-state index in [2.05, 4.69) is 55.4 Å². The first-order valence-corrected chi connectivity index (χ1v) is 10.1. The van der Waals surface area contributed by atoms with E-state index in [1.807, 2.05) is 30.3 Å². The first-order valence-electron chi connectivity index (χ1n) is 10.1. The maximum absolute atomic E-state index is 12.1. The number of aryl methyl sites for hydroxylation is 1. The minimum Gasteiger partial charge on any atom is -0.466 e. The van der Waals surface area contributed by atoms with E-state index >= 15 is 0 Å². The molecule has 0 spiro atoms. The van der Waals surface area contributed by atoms with Crippen molar-refractivity contribution in [3.05, 3.63) is 35.9 Å². The molecule has 0 bridgehead atoms. The third-order valence-corrected chi connectivity index (χ3v) is 6.32. The largest absolute Gasteiger partial charge is 0.466 e. The summed E-state index contributed by atoms with van der Waals surface area (Å²) in [5, 5.41) is 11.2. The molecule has 0 aromatic heterocycles. The predicted octanol–water partition coefficient (Wildman–Crippen LogP) is 5.65. The summed E-state index contributed by atoms with van der Waals surface area (Å²) in [6, 6.07) is 9.97. The Morgan fingerprint density at radius 1 is 1.00 bits per heavy atom. The molecule has 1 N–H and O–H groups in total. The average Bonchev–Trinajstić information content (AvgIpc) is 2.55. The molecule has 154 valence electrons. The third-order valence-electron chi connectivity index (χ3n) is 6.32. The van der Waals surface area contributed by atoms with Crippen LogP contribution in [-0.2, 0) is 16.0 Å². The van der Waals surface area contributed by atoms with Gasteiger partial charge in [-0.05, 0) is 40.6 Å². The Morgan fingerprint density at radius 2 is 1.56 bits per heavy atom. The van der Waals surface area contributed by atoms with Crippen molar-refractivity contribution in [2.24, 2.45) is 22.2 Å². The number of carbonyl (C=O) groups is 1. The summed E-state index contributed by atoms with van der Waals surface area (Å²) in [5.74, 6) is -0.121. The fourth-order valence-electron chi connectivity index (χ4n) is 3.27. The van der Waals surface area contributed by atoms with Gasteiger partial charge in [-0.25, -0.2) is 0 Å². The van der Waals surface area contributed by atoms with Crippen molar-refractivity contribution in [2.45, 2.75) is 80.8 Å². The van der Waals surface area contributed by atoms with Gasteiger partial charge in [-0.3, -0.25) is 4.79 Å². The van der Waals surface area contributed by atoms with E-state index in [9.17, 15) is 9.90 Å². The van der Waals surface area contributed by atoms with Crippen molar-refractivity contribution < 1.29 is 14.6 Å². The van der Waals surface area contributed by atoms with Gasteiger partial charge in [0, 0.05) is 6.42 Å². The molecule has 1 aromatic carbocycles. The molecular weight excluding hydrogens is 336 g/mol. The lowest BCUT2D eigenvalue weighted by atomic mass is 9.59. The summed E-state index contributed by atoms with van der Waals surface area (Å²) in [4.78, 5) is 12.1. The molecule has 0 saturated carbocycles. The highest BCUT2D eigenvalue weighted by molar-refractivity contribution is 5.69. The van der Waals surface area contributed by atoms with Crippen molar-refractivity contribution >= 4 is 5.97 Å². The second kappa shape index (κ2) is 9.23. The molecular formula is C24H40O3. The van der Waals surface area contributed by atoms with Crippen LogP contribution in [0.4, 0.5) is 0 Å². The van der Waals surface area contributed by atoms with Crippen molar-refractivity contribution in [1.82, 2.24) is 0 Å². The van der Waals surface area contributed by atoms with E-state index in [4.69, 9.17) is 4.74 Å². The Balaban J connectivity index is 2.62. The summed E-state index contributed by atoms with van der Waals surface area (Å²) in [7, 11) is 0. The van der Waals surface area contributed by atoms with Crippen molar-refractivity contribution in [1.29, 1.82) is 0 Å². The van der Waals surface area contributed by atoms with Crippen LogP contribution in [0.5, 0.6) is 0 Å². The lowest BCUT2D eigenvalue weighted by Gasteiger charge is -2.48. The lowest BCUT2D eigenvalue weighted by Crippen LogP contribution is -2.48. The first kappa shape index (κ1) is 23.7. The van der Waals surface area contributed by atoms with Gasteiger partial charge in [0.1, 0.15) is 0 Å². The topological polar surface area (TPSA) is 46.5 Å². The van der Waals surface area contributed by atoms with Crippen LogP contribution in [0.25, 0.3) is 0 Å². The van der Waals surface area contributed by atoms with Crippen molar-refractivity contribution in [3.63, 3.8) is 0 Å². The lowest BCUT2D eigenvalue weighted by molar-refractivity contribution is -0.146. The highest BCUT2D eigenvalue weighted by atomic mass is 16.5. The van der Waals surface area contributed by atoms with E-state index in [0.717, 1.165) is 5.56 Å². The highest BCUT2D eigenvalue weighted by Gasteiger charge is 2.45. The number of aliphatic hydroxyl groups is 1. The number of esters is 1. The van der Waals surface area contributed by atoms with Crippen LogP contribution in [-0.4, -0.2) is 23.8 Å². The second-order valence-corrected chi connectivity index (χ2v) is 10.4. The molecule has 1 aromatic rings. The van der Waals surface area contributed by atoms with Crippen LogP contribution in [0.1, 0.15) is 73.8 Å². The molecule has 0 saturated heterocycles. The number of aliphatic hydroxyl groups excluding tert-OH is 1. The summed E-state index contributed by atoms with van der Waals surface area (Å²) in [6.45, 7) is 17.6. The molecule has 0 heterocycles. The van der Waals surface area contributed by atoms with E-state index in [-0.39, 0.29) is 28.1 Å². The second-order valence-electron chi connectivity index (χ2n) is 10.4. The van der Waals surface area contributed by atoms with Gasteiger partial charge in [0.15, 0.2) is 0 Å². The van der Waals surface area contributed by atoms with Gasteiger partial charge < -0.3 is 9.84 Å². The van der Waals surface area contributed by atoms with E-state index in [1.54, 1.807) is 0 Å². The molecule has 3 nitrogen and oxygen atoms in total. The quantitative estimate of drug-likeness (QED) is 0.597. The van der Waals surface area contributed by atoms with Gasteiger partial charge in [0.05, 0.1) is 12.7 Å². The fraction of sp³-hybridized carbons (Fsp3) is 0.708. The Labute approximate surface area is 166 Å². The predicted molar refractivity (Wildman–Crippen MR) is 113 cm³/mol. The normalized spacial score (nSPS) is 15.3. The van der Waals surface area contributed by atoms with E-state index in [0.29, 0.717) is 25.9 Å². The van der Waals surface area contributed by atoms with Gasteiger partial charge in [-0.15, -0.1) is 0 Å².